The minimum Gasteiger partial charge on any atom is -0.411 e. The van der Waals surface area contributed by atoms with Gasteiger partial charge < -0.3 is 30.6 Å². The molecule has 53 heavy (non-hydrogen) atoms. The van der Waals surface area contributed by atoms with Crippen LogP contribution in [0.15, 0.2) is 82.8 Å². The first kappa shape index (κ1) is 41.4. The van der Waals surface area contributed by atoms with Crippen molar-refractivity contribution in [1.82, 2.24) is 24.8 Å². The molecule has 4 N–H and O–H groups in total. The minimum atomic E-state index is -4.07. The fourth-order valence-electron chi connectivity index (χ4n) is 6.52. The summed E-state index contributed by atoms with van der Waals surface area (Å²) in [5.74, 6) is -0.374. The molecule has 2 aromatic carbocycles. The minimum absolute atomic E-state index is 0.0432. The second-order valence-corrected chi connectivity index (χ2v) is 16.8. The second-order valence-electron chi connectivity index (χ2n) is 14.8. The maximum absolute atomic E-state index is 14.2. The smallest absolute Gasteiger partial charge is 0.318 e. The Kier molecular flexibility index (Phi) is 14.9. The Bertz CT molecular complexity index is 1760. The van der Waals surface area contributed by atoms with E-state index in [-0.39, 0.29) is 36.9 Å². The van der Waals surface area contributed by atoms with E-state index < -0.39 is 45.6 Å². The van der Waals surface area contributed by atoms with E-state index in [1.165, 1.54) is 27.6 Å². The van der Waals surface area contributed by atoms with Gasteiger partial charge in [-0.1, -0.05) is 87.3 Å². The van der Waals surface area contributed by atoms with Crippen molar-refractivity contribution in [2.45, 2.75) is 89.1 Å². The zero-order chi connectivity index (χ0) is 38.6. The Labute approximate surface area is 313 Å². The summed E-state index contributed by atoms with van der Waals surface area (Å²) in [6.07, 6.45) is 3.90. The number of nitrogens with zero attached hydrogens (tertiary/aromatic N) is 4. The molecule has 0 saturated heterocycles. The van der Waals surface area contributed by atoms with Crippen LogP contribution in [0.3, 0.4) is 0 Å². The first-order chi connectivity index (χ1) is 25.2. The predicted molar refractivity (Wildman–Crippen MR) is 203 cm³/mol. The van der Waals surface area contributed by atoms with E-state index in [0.717, 1.165) is 36.9 Å². The number of aliphatic hydroxyl groups is 1. The number of benzene rings is 2. The molecule has 0 bridgehead atoms. The van der Waals surface area contributed by atoms with Gasteiger partial charge in [0.05, 0.1) is 47.8 Å². The Hall–Kier alpha value is -4.37. The van der Waals surface area contributed by atoms with E-state index in [1.54, 1.807) is 26.3 Å². The third kappa shape index (κ3) is 12.1. The fraction of sp³-hybridized carbons (Fsp3) is 0.487. The van der Waals surface area contributed by atoms with Crippen molar-refractivity contribution < 1.29 is 33.1 Å². The molecule has 1 aliphatic rings. The lowest BCUT2D eigenvalue weighted by Crippen LogP contribution is -2.60. The van der Waals surface area contributed by atoms with Crippen molar-refractivity contribution in [3.63, 3.8) is 0 Å². The maximum Gasteiger partial charge on any atom is 0.318 e. The highest BCUT2D eigenvalue weighted by Crippen LogP contribution is 2.29. The van der Waals surface area contributed by atoms with Crippen LogP contribution in [0, 0.1) is 11.3 Å². The molecular formula is C39H54N6O7S. The highest BCUT2D eigenvalue weighted by molar-refractivity contribution is 7.89. The molecule has 1 fully saturated rings. The summed E-state index contributed by atoms with van der Waals surface area (Å²) in [6.45, 7) is 6.00. The molecule has 0 radical (unpaired) electrons. The molecule has 1 aliphatic carbocycles. The van der Waals surface area contributed by atoms with Crippen molar-refractivity contribution in [2.24, 2.45) is 16.5 Å². The number of aliphatic hydroxyl groups excluding tert-OH is 1. The lowest BCUT2D eigenvalue weighted by atomic mass is 9.85. The molecule has 0 aliphatic heterocycles. The number of rotatable bonds is 17. The average Bonchev–Trinajstić information content (AvgIpc) is 3.64. The molecule has 1 aromatic heterocycles. The summed E-state index contributed by atoms with van der Waals surface area (Å²) in [7, 11) is -0.866. The molecule has 288 valence electrons. The molecule has 4 rings (SSSR count). The summed E-state index contributed by atoms with van der Waals surface area (Å²) in [6, 6.07) is 18.4. The van der Waals surface area contributed by atoms with E-state index in [9.17, 15) is 23.1 Å². The average molecular weight is 751 g/mol. The monoisotopic (exact) mass is 750 g/mol. The van der Waals surface area contributed by atoms with E-state index in [0.29, 0.717) is 17.9 Å². The number of sulfonamides is 1. The van der Waals surface area contributed by atoms with Crippen LogP contribution in [0.5, 0.6) is 0 Å². The van der Waals surface area contributed by atoms with Crippen LogP contribution in [0.1, 0.15) is 69.0 Å². The SMILES string of the molecule is COCc1cccc(CN(C)C(=O)N[C@H](C(=O)N[C@@H](Cc2ccccc2)[C@H](O)CN(CC2CCCC2)S(=O)(=O)c2ccc(/C=N/O)cc2)C(C)(C)C)n1. The van der Waals surface area contributed by atoms with Gasteiger partial charge >= 0.3 is 6.03 Å². The number of carbonyl (C=O) groups excluding carboxylic acids is 2. The van der Waals surface area contributed by atoms with Crippen molar-refractivity contribution in [1.29, 1.82) is 0 Å². The van der Waals surface area contributed by atoms with E-state index in [2.05, 4.69) is 20.8 Å². The zero-order valence-electron chi connectivity index (χ0n) is 31.3. The van der Waals surface area contributed by atoms with Crippen LogP contribution in [-0.2, 0) is 39.1 Å². The van der Waals surface area contributed by atoms with Gasteiger partial charge in [0.25, 0.3) is 0 Å². The topological polar surface area (TPSA) is 174 Å². The maximum atomic E-state index is 14.2. The van der Waals surface area contributed by atoms with Crippen LogP contribution >= 0.6 is 0 Å². The predicted octanol–water partition coefficient (Wildman–Crippen LogP) is 4.56. The highest BCUT2D eigenvalue weighted by atomic mass is 32.2. The fourth-order valence-corrected chi connectivity index (χ4v) is 8.05. The molecule has 3 amide bonds. The molecule has 13 nitrogen and oxygen atoms in total. The van der Waals surface area contributed by atoms with Gasteiger partial charge in [-0.2, -0.15) is 4.31 Å². The van der Waals surface area contributed by atoms with Gasteiger partial charge in [-0.05, 0) is 66.0 Å². The van der Waals surface area contributed by atoms with E-state index in [1.807, 2.05) is 69.3 Å². The van der Waals surface area contributed by atoms with Gasteiger partial charge in [0.15, 0.2) is 0 Å². The first-order valence-electron chi connectivity index (χ1n) is 18.0. The van der Waals surface area contributed by atoms with E-state index >= 15 is 0 Å². The number of hydrogen-bond donors (Lipinski definition) is 4. The second kappa shape index (κ2) is 19.1. The summed E-state index contributed by atoms with van der Waals surface area (Å²) >= 11 is 0. The highest BCUT2D eigenvalue weighted by Gasteiger charge is 2.37. The standard InChI is InChI=1S/C39H54N6O7S/c1-39(2,3)36(43-38(48)44(4)25-31-16-11-17-32(41-31)27-52-5)37(47)42-34(22-28-12-7-6-8-13-28)35(46)26-45(24-30-14-9-10-15-30)53(50,51)33-20-18-29(19-21-33)23-40-49/h6-8,11-13,16-21,23,30,34-36,46,49H,9-10,14-15,22,24-27H2,1-5H3,(H,42,47)(H,43,48)/b40-23+/t34-,35+,36+/m0/s1. The van der Waals surface area contributed by atoms with Crippen LogP contribution in [0.25, 0.3) is 0 Å². The molecule has 1 heterocycles. The number of oxime groups is 1. The van der Waals surface area contributed by atoms with Crippen molar-refractivity contribution >= 4 is 28.2 Å². The lowest BCUT2D eigenvalue weighted by Gasteiger charge is -2.35. The molecule has 3 atom stereocenters. The van der Waals surface area contributed by atoms with E-state index in [4.69, 9.17) is 9.94 Å². The summed E-state index contributed by atoms with van der Waals surface area (Å²) in [5.41, 5.74) is 2.02. The zero-order valence-corrected chi connectivity index (χ0v) is 32.1. The van der Waals surface area contributed by atoms with Crippen molar-refractivity contribution in [3.8, 4) is 0 Å². The number of urea groups is 1. The van der Waals surface area contributed by atoms with Gasteiger partial charge in [-0.3, -0.25) is 9.78 Å². The summed E-state index contributed by atoms with van der Waals surface area (Å²) < 4.78 is 34.7. The van der Waals surface area contributed by atoms with Gasteiger partial charge in [0, 0.05) is 27.2 Å². The summed E-state index contributed by atoms with van der Waals surface area (Å²) in [5, 5.41) is 29.7. The number of nitrogens with one attached hydrogen (secondary N) is 2. The number of ether oxygens (including phenoxy) is 1. The molecule has 0 unspecified atom stereocenters. The number of pyridine rings is 1. The van der Waals surface area contributed by atoms with Gasteiger partial charge in [0.2, 0.25) is 15.9 Å². The molecule has 14 heteroatoms. The van der Waals surface area contributed by atoms with Crippen molar-refractivity contribution in [2.75, 3.05) is 27.2 Å². The van der Waals surface area contributed by atoms with Crippen LogP contribution in [-0.4, -0.2) is 96.5 Å². The molecule has 3 aromatic rings. The van der Waals surface area contributed by atoms with Gasteiger partial charge in [-0.25, -0.2) is 13.2 Å². The third-order valence-corrected chi connectivity index (χ3v) is 11.3. The Morgan fingerprint density at radius 3 is 2.28 bits per heavy atom. The normalized spacial score (nSPS) is 15.7. The number of methoxy groups -OCH3 is 1. The molecule has 1 saturated carbocycles. The number of carbonyl (C=O) groups is 2. The Balaban J connectivity index is 1.57. The number of amides is 3. The van der Waals surface area contributed by atoms with Crippen molar-refractivity contribution in [3.05, 3.63) is 95.3 Å². The van der Waals surface area contributed by atoms with Crippen LogP contribution < -0.4 is 10.6 Å². The Morgan fingerprint density at radius 1 is 1.00 bits per heavy atom. The van der Waals surface area contributed by atoms with Crippen LogP contribution in [0.4, 0.5) is 4.79 Å². The number of hydrogen-bond acceptors (Lipinski definition) is 9. The largest absolute Gasteiger partial charge is 0.411 e. The lowest BCUT2D eigenvalue weighted by molar-refractivity contribution is -0.127. The summed E-state index contributed by atoms with van der Waals surface area (Å²) in [4.78, 5) is 33.7. The quantitative estimate of drug-likeness (QED) is 0.0883. The molecule has 0 spiro atoms. The van der Waals surface area contributed by atoms with Gasteiger partial charge in [-0.15, -0.1) is 0 Å². The molecular weight excluding hydrogens is 697 g/mol. The van der Waals surface area contributed by atoms with Crippen LogP contribution in [0.2, 0.25) is 0 Å². The first-order valence-corrected chi connectivity index (χ1v) is 19.4. The third-order valence-electron chi connectivity index (χ3n) is 9.44. The number of aromatic nitrogens is 1. The Morgan fingerprint density at radius 2 is 1.66 bits per heavy atom. The van der Waals surface area contributed by atoms with Gasteiger partial charge in [0.1, 0.15) is 6.04 Å².